The van der Waals surface area contributed by atoms with Crippen molar-refractivity contribution < 1.29 is 9.59 Å². The highest BCUT2D eigenvalue weighted by atomic mass is 79.9. The van der Waals surface area contributed by atoms with Crippen LogP contribution in [-0.4, -0.2) is 44.4 Å². The third-order valence-electron chi connectivity index (χ3n) is 6.87. The van der Waals surface area contributed by atoms with Gasteiger partial charge in [-0.2, -0.15) is 5.11 Å². The zero-order valence-corrected chi connectivity index (χ0v) is 19.0. The van der Waals surface area contributed by atoms with Crippen molar-refractivity contribution in [1.29, 1.82) is 0 Å². The molecule has 2 aliphatic heterocycles. The van der Waals surface area contributed by atoms with Gasteiger partial charge in [-0.25, -0.2) is 5.01 Å². The van der Waals surface area contributed by atoms with Crippen LogP contribution in [0.3, 0.4) is 0 Å². The first kappa shape index (κ1) is 20.6. The van der Waals surface area contributed by atoms with E-state index in [9.17, 15) is 9.59 Å². The zero-order valence-electron chi connectivity index (χ0n) is 16.6. The minimum atomic E-state index is -0.599. The Kier molecular flexibility index (Phi) is 6.65. The van der Waals surface area contributed by atoms with Gasteiger partial charge in [0, 0.05) is 16.1 Å². The van der Waals surface area contributed by atoms with E-state index in [1.54, 1.807) is 6.92 Å². The molecule has 0 radical (unpaired) electrons. The first-order chi connectivity index (χ1) is 13.5. The maximum Gasteiger partial charge on any atom is 0.251 e. The Morgan fingerprint density at radius 3 is 2.61 bits per heavy atom. The van der Waals surface area contributed by atoms with E-state index in [-0.39, 0.29) is 29.1 Å². The van der Waals surface area contributed by atoms with Crippen molar-refractivity contribution in [3.63, 3.8) is 0 Å². The smallest absolute Gasteiger partial charge is 0.251 e. The van der Waals surface area contributed by atoms with Gasteiger partial charge in [0.2, 0.25) is 5.91 Å². The van der Waals surface area contributed by atoms with Gasteiger partial charge in [-0.3, -0.25) is 9.59 Å². The van der Waals surface area contributed by atoms with Gasteiger partial charge in [0.05, 0.1) is 5.92 Å². The summed E-state index contributed by atoms with van der Waals surface area (Å²) in [6, 6.07) is -0.399. The molecule has 4 unspecified atom stereocenters. The van der Waals surface area contributed by atoms with Crippen molar-refractivity contribution >= 4 is 39.5 Å². The number of nitrogens with zero attached hydrogens (tertiary/aromatic N) is 3. The van der Waals surface area contributed by atoms with Crippen LogP contribution >= 0.6 is 27.7 Å². The van der Waals surface area contributed by atoms with Gasteiger partial charge >= 0.3 is 0 Å². The number of rotatable bonds is 4. The molecule has 28 heavy (non-hydrogen) atoms. The number of hydrogen-bond acceptors (Lipinski definition) is 5. The number of fused-ring (bicyclic) bond motifs is 1. The first-order valence-electron chi connectivity index (χ1n) is 10.9. The summed E-state index contributed by atoms with van der Waals surface area (Å²) in [7, 11) is 0. The van der Waals surface area contributed by atoms with Crippen LogP contribution < -0.4 is 5.32 Å². The zero-order chi connectivity index (χ0) is 19.7. The minimum absolute atomic E-state index is 0.0161. The van der Waals surface area contributed by atoms with Crippen molar-refractivity contribution in [2.75, 3.05) is 0 Å². The number of carbonyl (C=O) groups excluding carboxylic acids is 2. The second kappa shape index (κ2) is 9.02. The van der Waals surface area contributed by atoms with Crippen LogP contribution in [0.4, 0.5) is 0 Å². The van der Waals surface area contributed by atoms with Crippen molar-refractivity contribution in [2.24, 2.45) is 22.2 Å². The molecule has 0 aromatic rings. The van der Waals surface area contributed by atoms with Crippen LogP contribution in [0.5, 0.6) is 0 Å². The molecule has 1 saturated heterocycles. The summed E-state index contributed by atoms with van der Waals surface area (Å²) < 4.78 is 0. The third-order valence-corrected chi connectivity index (χ3v) is 9.42. The maximum absolute atomic E-state index is 13.1. The summed E-state index contributed by atoms with van der Waals surface area (Å²) in [6.45, 7) is 1.77. The SMILES string of the molecule is CC(C(=O)NC1CCC(Br)CC1)N1N=NC2SC(C3CCCCC3)CC2C1=O. The monoisotopic (exact) mass is 470 g/mol. The molecule has 0 bridgehead atoms. The Balaban J connectivity index is 1.34. The van der Waals surface area contributed by atoms with Crippen LogP contribution in [0.1, 0.15) is 71.1 Å². The van der Waals surface area contributed by atoms with Gasteiger partial charge in [-0.05, 0) is 57.8 Å². The minimum Gasteiger partial charge on any atom is -0.352 e. The van der Waals surface area contributed by atoms with Crippen molar-refractivity contribution in [3.8, 4) is 0 Å². The number of amides is 2. The standard InChI is InChI=1S/C20H31BrN4O2S/c1-12(18(26)22-15-9-7-14(21)8-10-15)25-20(27)16-11-17(28-19(16)23-24-25)13-5-3-2-4-6-13/h12-17,19H,2-11H2,1H3,(H,22,26). The third kappa shape index (κ3) is 4.42. The van der Waals surface area contributed by atoms with E-state index in [0.717, 1.165) is 32.1 Å². The summed E-state index contributed by atoms with van der Waals surface area (Å²) in [6.07, 6.45) is 11.5. The van der Waals surface area contributed by atoms with Crippen molar-refractivity contribution in [1.82, 2.24) is 10.3 Å². The lowest BCUT2D eigenvalue weighted by atomic mass is 9.83. The van der Waals surface area contributed by atoms with Gasteiger partial charge < -0.3 is 5.32 Å². The molecule has 0 aromatic heterocycles. The van der Waals surface area contributed by atoms with Crippen LogP contribution in [0, 0.1) is 11.8 Å². The fourth-order valence-electron chi connectivity index (χ4n) is 5.05. The number of halogens is 1. The summed E-state index contributed by atoms with van der Waals surface area (Å²) in [5, 5.41) is 13.5. The molecule has 0 aromatic carbocycles. The van der Waals surface area contributed by atoms with Gasteiger partial charge in [0.25, 0.3) is 5.91 Å². The van der Waals surface area contributed by atoms with Gasteiger partial charge in [0.15, 0.2) is 0 Å². The Morgan fingerprint density at radius 1 is 1.18 bits per heavy atom. The van der Waals surface area contributed by atoms with E-state index in [1.807, 2.05) is 11.8 Å². The molecular formula is C20H31BrN4O2S. The number of carbonyl (C=O) groups is 2. The molecule has 2 amide bonds. The molecule has 4 rings (SSSR count). The average molecular weight is 471 g/mol. The highest BCUT2D eigenvalue weighted by Gasteiger charge is 2.48. The van der Waals surface area contributed by atoms with Gasteiger partial charge in [-0.1, -0.05) is 40.4 Å². The molecule has 0 spiro atoms. The highest BCUT2D eigenvalue weighted by molar-refractivity contribution is 9.09. The lowest BCUT2D eigenvalue weighted by Gasteiger charge is -2.32. The van der Waals surface area contributed by atoms with E-state index < -0.39 is 6.04 Å². The molecule has 1 N–H and O–H groups in total. The quantitative estimate of drug-likeness (QED) is 0.617. The van der Waals surface area contributed by atoms with Crippen LogP contribution in [-0.2, 0) is 9.59 Å². The Labute approximate surface area is 180 Å². The van der Waals surface area contributed by atoms with Crippen LogP contribution in [0.15, 0.2) is 10.3 Å². The second-order valence-corrected chi connectivity index (χ2v) is 11.5. The summed E-state index contributed by atoms with van der Waals surface area (Å²) >= 11 is 5.49. The summed E-state index contributed by atoms with van der Waals surface area (Å²) in [4.78, 5) is 26.4. The topological polar surface area (TPSA) is 74.1 Å². The normalized spacial score (nSPS) is 37.6. The Hall–Kier alpha value is -0.630. The number of alkyl halides is 1. The Bertz CT molecular complexity index is 619. The Morgan fingerprint density at radius 2 is 1.89 bits per heavy atom. The predicted octanol–water partition coefficient (Wildman–Crippen LogP) is 4.43. The average Bonchev–Trinajstić information content (AvgIpc) is 3.15. The van der Waals surface area contributed by atoms with E-state index in [1.165, 1.54) is 37.1 Å². The van der Waals surface area contributed by atoms with E-state index in [2.05, 4.69) is 31.6 Å². The van der Waals surface area contributed by atoms with Crippen molar-refractivity contribution in [2.45, 2.75) is 98.7 Å². The molecule has 6 nitrogen and oxygen atoms in total. The predicted molar refractivity (Wildman–Crippen MR) is 114 cm³/mol. The van der Waals surface area contributed by atoms with E-state index in [4.69, 9.17) is 0 Å². The van der Waals surface area contributed by atoms with Gasteiger partial charge in [-0.15, -0.1) is 11.8 Å². The number of thioether (sulfide) groups is 1. The molecule has 2 aliphatic carbocycles. The van der Waals surface area contributed by atoms with Crippen molar-refractivity contribution in [3.05, 3.63) is 0 Å². The molecule has 2 saturated carbocycles. The lowest BCUT2D eigenvalue weighted by Crippen LogP contribution is -2.51. The summed E-state index contributed by atoms with van der Waals surface area (Å²) in [5.74, 6) is 0.468. The molecule has 156 valence electrons. The van der Waals surface area contributed by atoms with Gasteiger partial charge in [0.1, 0.15) is 11.4 Å². The van der Waals surface area contributed by atoms with Crippen LogP contribution in [0.25, 0.3) is 0 Å². The molecule has 3 fully saturated rings. The fraction of sp³-hybridized carbons (Fsp3) is 0.900. The fourth-order valence-corrected chi connectivity index (χ4v) is 7.27. The lowest BCUT2D eigenvalue weighted by molar-refractivity contribution is -0.145. The molecule has 4 atom stereocenters. The second-order valence-electron chi connectivity index (χ2n) is 8.83. The highest BCUT2D eigenvalue weighted by Crippen LogP contribution is 2.48. The number of nitrogens with one attached hydrogen (secondary N) is 1. The number of hydrogen-bond donors (Lipinski definition) is 1. The molecule has 8 heteroatoms. The largest absolute Gasteiger partial charge is 0.352 e. The summed E-state index contributed by atoms with van der Waals surface area (Å²) in [5.41, 5.74) is 0. The van der Waals surface area contributed by atoms with Crippen LogP contribution in [0.2, 0.25) is 0 Å². The molecular weight excluding hydrogens is 440 g/mol. The first-order valence-corrected chi connectivity index (χ1v) is 12.7. The van der Waals surface area contributed by atoms with E-state index >= 15 is 0 Å². The molecule has 2 heterocycles. The van der Waals surface area contributed by atoms with E-state index in [0.29, 0.717) is 16.0 Å². The molecule has 4 aliphatic rings. The maximum atomic E-state index is 13.1.